The van der Waals surface area contributed by atoms with Crippen LogP contribution in [0, 0.1) is 5.41 Å². The van der Waals surface area contributed by atoms with E-state index in [1.165, 1.54) is 11.8 Å². The van der Waals surface area contributed by atoms with Gasteiger partial charge in [-0.3, -0.25) is 4.79 Å². The second-order valence-electron chi connectivity index (χ2n) is 4.13. The molecule has 76 valence electrons. The lowest BCUT2D eigenvalue weighted by Crippen LogP contribution is -2.21. The number of Topliss-reactive ketones (excluding diaryl/α,β-unsaturated/α-hetero) is 1. The molecular weight excluding hydrogens is 194 g/mol. The monoisotopic (exact) mass is 209 g/mol. The van der Waals surface area contributed by atoms with Gasteiger partial charge in [0.15, 0.2) is 0 Å². The molecule has 3 heteroatoms. The number of carbonyl (C=O) groups is 1. The standard InChI is InChI=1S/C11H15NOS/c1-11(2,3)9(13)8-14-10-6-4-5-7-12-10/h4-7H,8H2,1-3H3. The molecule has 0 fully saturated rings. The third kappa shape index (κ3) is 3.50. The largest absolute Gasteiger partial charge is 0.298 e. The van der Waals surface area contributed by atoms with E-state index in [-0.39, 0.29) is 11.2 Å². The summed E-state index contributed by atoms with van der Waals surface area (Å²) in [5.74, 6) is 0.758. The molecular formula is C11H15NOS. The van der Waals surface area contributed by atoms with Gasteiger partial charge in [0.1, 0.15) is 5.78 Å². The quantitative estimate of drug-likeness (QED) is 0.717. The van der Waals surface area contributed by atoms with Crippen molar-refractivity contribution in [1.29, 1.82) is 0 Å². The molecule has 14 heavy (non-hydrogen) atoms. The fraction of sp³-hybridized carbons (Fsp3) is 0.455. The molecule has 1 aromatic heterocycles. The second-order valence-corrected chi connectivity index (χ2v) is 5.13. The van der Waals surface area contributed by atoms with Gasteiger partial charge in [0.25, 0.3) is 0 Å². The fourth-order valence-electron chi connectivity index (χ4n) is 0.788. The Morgan fingerprint density at radius 1 is 1.43 bits per heavy atom. The molecule has 0 bridgehead atoms. The number of nitrogens with zero attached hydrogens (tertiary/aromatic N) is 1. The Bertz CT molecular complexity index is 303. The molecule has 0 unspecified atom stereocenters. The van der Waals surface area contributed by atoms with E-state index in [9.17, 15) is 4.79 Å². The summed E-state index contributed by atoms with van der Waals surface area (Å²) in [5, 5.41) is 0.908. The normalized spacial score (nSPS) is 11.4. The number of thioether (sulfide) groups is 1. The van der Waals surface area contributed by atoms with Crippen LogP contribution in [0.25, 0.3) is 0 Å². The summed E-state index contributed by atoms with van der Waals surface area (Å²) < 4.78 is 0. The Balaban J connectivity index is 2.46. The third-order valence-corrected chi connectivity index (χ3v) is 2.77. The summed E-state index contributed by atoms with van der Waals surface area (Å²) in [5.41, 5.74) is -0.248. The summed E-state index contributed by atoms with van der Waals surface area (Å²) in [6.07, 6.45) is 1.74. The van der Waals surface area contributed by atoms with Gasteiger partial charge >= 0.3 is 0 Å². The minimum absolute atomic E-state index is 0.248. The second kappa shape index (κ2) is 4.60. The van der Waals surface area contributed by atoms with Gasteiger partial charge in [0.05, 0.1) is 10.8 Å². The van der Waals surface area contributed by atoms with Crippen molar-refractivity contribution in [1.82, 2.24) is 4.98 Å². The van der Waals surface area contributed by atoms with Crippen molar-refractivity contribution in [3.8, 4) is 0 Å². The van der Waals surface area contributed by atoms with Gasteiger partial charge < -0.3 is 0 Å². The summed E-state index contributed by atoms with van der Waals surface area (Å²) in [6.45, 7) is 5.82. The molecule has 0 aliphatic heterocycles. The van der Waals surface area contributed by atoms with Crippen molar-refractivity contribution in [2.45, 2.75) is 25.8 Å². The Kier molecular flexibility index (Phi) is 3.69. The van der Waals surface area contributed by atoms with Crippen LogP contribution in [0.2, 0.25) is 0 Å². The van der Waals surface area contributed by atoms with Crippen LogP contribution in [0.15, 0.2) is 29.4 Å². The van der Waals surface area contributed by atoms with E-state index in [4.69, 9.17) is 0 Å². The van der Waals surface area contributed by atoms with Crippen LogP contribution in [0.5, 0.6) is 0 Å². The lowest BCUT2D eigenvalue weighted by atomic mass is 9.92. The molecule has 1 aromatic rings. The van der Waals surface area contributed by atoms with Crippen LogP contribution in [0.3, 0.4) is 0 Å². The highest BCUT2D eigenvalue weighted by Gasteiger charge is 2.20. The molecule has 0 saturated heterocycles. The molecule has 1 heterocycles. The Morgan fingerprint density at radius 2 is 2.14 bits per heavy atom. The third-order valence-electron chi connectivity index (χ3n) is 1.83. The van der Waals surface area contributed by atoms with Gasteiger partial charge in [-0.1, -0.05) is 38.6 Å². The average Bonchev–Trinajstić information content (AvgIpc) is 2.14. The van der Waals surface area contributed by atoms with E-state index >= 15 is 0 Å². The van der Waals surface area contributed by atoms with Gasteiger partial charge in [-0.2, -0.15) is 0 Å². The minimum Gasteiger partial charge on any atom is -0.298 e. The number of rotatable bonds is 3. The summed E-state index contributed by atoms with van der Waals surface area (Å²) in [4.78, 5) is 15.7. The first kappa shape index (κ1) is 11.2. The van der Waals surface area contributed by atoms with E-state index in [2.05, 4.69) is 4.98 Å². The van der Waals surface area contributed by atoms with Crippen molar-refractivity contribution in [3.63, 3.8) is 0 Å². The van der Waals surface area contributed by atoms with Crippen LogP contribution in [0.1, 0.15) is 20.8 Å². The van der Waals surface area contributed by atoms with Crippen molar-refractivity contribution < 1.29 is 4.79 Å². The molecule has 0 atom stereocenters. The number of ketones is 1. The molecule has 0 aromatic carbocycles. The van der Waals surface area contributed by atoms with Gasteiger partial charge in [-0.05, 0) is 12.1 Å². The average molecular weight is 209 g/mol. The van der Waals surface area contributed by atoms with Gasteiger partial charge in [-0.15, -0.1) is 0 Å². The Labute approximate surface area is 89.1 Å². The van der Waals surface area contributed by atoms with Gasteiger partial charge in [0.2, 0.25) is 0 Å². The van der Waals surface area contributed by atoms with Crippen molar-refractivity contribution in [2.75, 3.05) is 5.75 Å². The predicted octanol–water partition coefficient (Wildman–Crippen LogP) is 2.79. The van der Waals surface area contributed by atoms with Gasteiger partial charge in [0, 0.05) is 11.6 Å². The highest BCUT2D eigenvalue weighted by atomic mass is 32.2. The van der Waals surface area contributed by atoms with Crippen LogP contribution in [0.4, 0.5) is 0 Å². The van der Waals surface area contributed by atoms with Crippen molar-refractivity contribution >= 4 is 17.5 Å². The highest BCUT2D eigenvalue weighted by molar-refractivity contribution is 7.99. The summed E-state index contributed by atoms with van der Waals surface area (Å²) >= 11 is 1.49. The maximum Gasteiger partial charge on any atom is 0.148 e. The van der Waals surface area contributed by atoms with Gasteiger partial charge in [-0.25, -0.2) is 4.98 Å². The van der Waals surface area contributed by atoms with E-state index < -0.39 is 0 Å². The number of pyridine rings is 1. The summed E-state index contributed by atoms with van der Waals surface area (Å²) in [6, 6.07) is 5.72. The zero-order chi connectivity index (χ0) is 10.6. The molecule has 2 nitrogen and oxygen atoms in total. The van der Waals surface area contributed by atoms with Crippen LogP contribution < -0.4 is 0 Å². The Hall–Kier alpha value is -0.830. The summed E-state index contributed by atoms with van der Waals surface area (Å²) in [7, 11) is 0. The number of carbonyl (C=O) groups excluding carboxylic acids is 1. The van der Waals surface area contributed by atoms with E-state index in [0.29, 0.717) is 5.75 Å². The zero-order valence-corrected chi connectivity index (χ0v) is 9.60. The lowest BCUT2D eigenvalue weighted by Gasteiger charge is -2.15. The smallest absolute Gasteiger partial charge is 0.148 e. The molecule has 0 spiro atoms. The number of hydrogen-bond acceptors (Lipinski definition) is 3. The minimum atomic E-state index is -0.248. The van der Waals surface area contributed by atoms with Crippen LogP contribution in [-0.2, 0) is 4.79 Å². The molecule has 1 rings (SSSR count). The topological polar surface area (TPSA) is 30.0 Å². The SMILES string of the molecule is CC(C)(C)C(=O)CSc1ccccn1. The molecule has 0 radical (unpaired) electrons. The van der Waals surface area contributed by atoms with E-state index in [1.54, 1.807) is 6.20 Å². The first-order valence-electron chi connectivity index (χ1n) is 4.57. The van der Waals surface area contributed by atoms with Crippen molar-refractivity contribution in [2.24, 2.45) is 5.41 Å². The maximum absolute atomic E-state index is 11.6. The number of aromatic nitrogens is 1. The first-order chi connectivity index (χ1) is 6.50. The number of hydrogen-bond donors (Lipinski definition) is 0. The van der Waals surface area contributed by atoms with Crippen LogP contribution in [-0.4, -0.2) is 16.5 Å². The maximum atomic E-state index is 11.6. The fourth-order valence-corrected chi connectivity index (χ4v) is 1.81. The first-order valence-corrected chi connectivity index (χ1v) is 5.56. The highest BCUT2D eigenvalue weighted by Crippen LogP contribution is 2.21. The van der Waals surface area contributed by atoms with Crippen molar-refractivity contribution in [3.05, 3.63) is 24.4 Å². The molecule has 0 amide bonds. The molecule has 0 N–H and O–H groups in total. The lowest BCUT2D eigenvalue weighted by molar-refractivity contribution is -0.123. The van der Waals surface area contributed by atoms with E-state index in [0.717, 1.165) is 5.03 Å². The predicted molar refractivity (Wildman–Crippen MR) is 59.4 cm³/mol. The molecule has 0 aliphatic carbocycles. The molecule has 0 aliphatic rings. The van der Waals surface area contributed by atoms with E-state index in [1.807, 2.05) is 39.0 Å². The van der Waals surface area contributed by atoms with Crippen LogP contribution >= 0.6 is 11.8 Å². The zero-order valence-electron chi connectivity index (χ0n) is 8.78. The molecule has 0 saturated carbocycles. The Morgan fingerprint density at radius 3 is 2.64 bits per heavy atom.